The third kappa shape index (κ3) is 5.87. The molecule has 33 heavy (non-hydrogen) atoms. The molecule has 0 aromatic heterocycles. The smallest absolute Gasteiger partial charge is 0.274 e. The molecule has 12 heteroatoms. The van der Waals surface area contributed by atoms with Crippen molar-refractivity contribution in [2.75, 3.05) is 13.7 Å². The summed E-state index contributed by atoms with van der Waals surface area (Å²) in [6.45, 7) is -0.521. The Morgan fingerprint density at radius 2 is 1.45 bits per heavy atom. The first kappa shape index (κ1) is 24.6. The molecule has 1 aliphatic rings. The molecule has 2 aromatic carbocycles. The molecule has 0 amide bonds. The lowest BCUT2D eigenvalue weighted by molar-refractivity contribution is -0.386. The van der Waals surface area contributed by atoms with E-state index in [2.05, 4.69) is 0 Å². The Hall–Kier alpha value is -3.00. The van der Waals surface area contributed by atoms with Crippen molar-refractivity contribution in [3.63, 3.8) is 0 Å². The fraction of sp³-hybridized carbons (Fsp3) is 0.429. The van der Waals surface area contributed by atoms with Gasteiger partial charge >= 0.3 is 0 Å². The summed E-state index contributed by atoms with van der Waals surface area (Å²) in [5, 5.41) is 43.6. The van der Waals surface area contributed by atoms with Gasteiger partial charge in [0.1, 0.15) is 24.4 Å². The molecule has 0 saturated carbocycles. The van der Waals surface area contributed by atoms with E-state index in [4.69, 9.17) is 18.9 Å². The Morgan fingerprint density at radius 1 is 0.909 bits per heavy atom. The minimum atomic E-state index is -1.38. The van der Waals surface area contributed by atoms with Crippen molar-refractivity contribution in [2.45, 2.75) is 43.9 Å². The van der Waals surface area contributed by atoms with Crippen molar-refractivity contribution in [1.82, 2.24) is 0 Å². The van der Waals surface area contributed by atoms with Crippen molar-refractivity contribution in [1.29, 1.82) is 0 Å². The Labute approximate surface area is 188 Å². The molecule has 2 aromatic rings. The van der Waals surface area contributed by atoms with Crippen LogP contribution in [-0.4, -0.2) is 64.5 Å². The molecule has 5 atom stereocenters. The topological polar surface area (TPSA) is 164 Å². The Bertz CT molecular complexity index is 972. The largest absolute Gasteiger partial charge is 0.387 e. The van der Waals surface area contributed by atoms with Crippen LogP contribution in [0.2, 0.25) is 0 Å². The molecule has 3 rings (SSSR count). The average molecular weight is 464 g/mol. The van der Waals surface area contributed by atoms with Gasteiger partial charge in [0.05, 0.1) is 40.8 Å². The maximum atomic E-state index is 11.2. The fourth-order valence-electron chi connectivity index (χ4n) is 3.52. The van der Waals surface area contributed by atoms with Gasteiger partial charge < -0.3 is 29.2 Å². The number of hydrogen-bond donors (Lipinski definition) is 2. The second kappa shape index (κ2) is 11.2. The van der Waals surface area contributed by atoms with Crippen LogP contribution in [0.1, 0.15) is 11.1 Å². The molecule has 1 saturated heterocycles. The maximum absolute atomic E-state index is 11.2. The van der Waals surface area contributed by atoms with Gasteiger partial charge in [-0.3, -0.25) is 20.2 Å². The maximum Gasteiger partial charge on any atom is 0.274 e. The second-order valence-electron chi connectivity index (χ2n) is 7.32. The minimum absolute atomic E-state index is 0.0986. The quantitative estimate of drug-likeness (QED) is 0.391. The molecule has 0 aliphatic carbocycles. The molecule has 178 valence electrons. The first-order valence-electron chi connectivity index (χ1n) is 10.0. The van der Waals surface area contributed by atoms with E-state index in [1.54, 1.807) is 24.3 Å². The van der Waals surface area contributed by atoms with E-state index in [9.17, 15) is 30.4 Å². The van der Waals surface area contributed by atoms with Crippen LogP contribution in [0.5, 0.6) is 0 Å². The predicted molar refractivity (Wildman–Crippen MR) is 112 cm³/mol. The highest BCUT2D eigenvalue weighted by molar-refractivity contribution is 5.39. The molecule has 1 fully saturated rings. The van der Waals surface area contributed by atoms with Gasteiger partial charge in [0.25, 0.3) is 11.4 Å². The van der Waals surface area contributed by atoms with Crippen molar-refractivity contribution in [2.24, 2.45) is 0 Å². The lowest BCUT2D eigenvalue weighted by Gasteiger charge is -2.41. The predicted octanol–water partition coefficient (Wildman–Crippen LogP) is 1.70. The van der Waals surface area contributed by atoms with Crippen LogP contribution in [-0.2, 0) is 32.2 Å². The van der Waals surface area contributed by atoms with Crippen LogP contribution in [0.4, 0.5) is 11.4 Å². The number of ether oxygens (including phenoxy) is 4. The zero-order chi connectivity index (χ0) is 24.0. The highest BCUT2D eigenvalue weighted by atomic mass is 16.7. The van der Waals surface area contributed by atoms with E-state index in [-0.39, 0.29) is 36.8 Å². The Kier molecular flexibility index (Phi) is 8.38. The van der Waals surface area contributed by atoms with E-state index in [0.717, 1.165) is 0 Å². The molecule has 0 bridgehead atoms. The monoisotopic (exact) mass is 464 g/mol. The lowest BCUT2D eigenvalue weighted by Crippen LogP contribution is -2.60. The number of benzene rings is 2. The number of nitrogens with zero attached hydrogens (tertiary/aromatic N) is 2. The first-order chi connectivity index (χ1) is 15.8. The second-order valence-corrected chi connectivity index (χ2v) is 7.32. The first-order valence-corrected chi connectivity index (χ1v) is 10.0. The van der Waals surface area contributed by atoms with Crippen molar-refractivity contribution in [3.05, 3.63) is 79.9 Å². The van der Waals surface area contributed by atoms with Gasteiger partial charge in [0.2, 0.25) is 0 Å². The van der Waals surface area contributed by atoms with Crippen molar-refractivity contribution in [3.8, 4) is 0 Å². The summed E-state index contributed by atoms with van der Waals surface area (Å²) in [7, 11) is 1.30. The van der Waals surface area contributed by atoms with Gasteiger partial charge in [-0.2, -0.15) is 0 Å². The van der Waals surface area contributed by atoms with Gasteiger partial charge in [-0.15, -0.1) is 0 Å². The number of methoxy groups -OCH3 is 1. The fourth-order valence-corrected chi connectivity index (χ4v) is 3.52. The number of para-hydroxylation sites is 2. The molecular formula is C21H24N2O10. The number of aliphatic hydroxyl groups excluding tert-OH is 2. The van der Waals surface area contributed by atoms with Crippen molar-refractivity contribution < 1.29 is 39.0 Å². The van der Waals surface area contributed by atoms with Crippen LogP contribution >= 0.6 is 0 Å². The third-order valence-corrected chi connectivity index (χ3v) is 5.22. The molecule has 2 N–H and O–H groups in total. The van der Waals surface area contributed by atoms with Crippen LogP contribution in [0.25, 0.3) is 0 Å². The molecule has 1 heterocycles. The number of nitro groups is 2. The molecule has 0 radical (unpaired) electrons. The van der Waals surface area contributed by atoms with Gasteiger partial charge in [-0.05, 0) is 12.1 Å². The Morgan fingerprint density at radius 3 is 2.00 bits per heavy atom. The Balaban J connectivity index is 1.66. The molecule has 1 aliphatic heterocycles. The summed E-state index contributed by atoms with van der Waals surface area (Å²) in [6, 6.07) is 12.1. The number of nitro benzene ring substituents is 2. The van der Waals surface area contributed by atoms with Gasteiger partial charge in [0.15, 0.2) is 6.29 Å². The summed E-state index contributed by atoms with van der Waals surface area (Å²) in [5.74, 6) is 0. The van der Waals surface area contributed by atoms with Gasteiger partial charge in [-0.1, -0.05) is 24.3 Å². The molecule has 0 unspecified atom stereocenters. The van der Waals surface area contributed by atoms with Crippen molar-refractivity contribution >= 4 is 11.4 Å². The van der Waals surface area contributed by atoms with Gasteiger partial charge in [0, 0.05) is 19.2 Å². The lowest BCUT2D eigenvalue weighted by atomic mass is 9.99. The third-order valence-electron chi connectivity index (χ3n) is 5.22. The minimum Gasteiger partial charge on any atom is -0.387 e. The van der Waals surface area contributed by atoms with E-state index in [1.165, 1.54) is 31.4 Å². The van der Waals surface area contributed by atoms with E-state index in [0.29, 0.717) is 5.56 Å². The van der Waals surface area contributed by atoms with Crippen LogP contribution < -0.4 is 0 Å². The van der Waals surface area contributed by atoms with E-state index < -0.39 is 40.6 Å². The summed E-state index contributed by atoms with van der Waals surface area (Å²) in [6.07, 6.45) is -6.07. The summed E-state index contributed by atoms with van der Waals surface area (Å²) >= 11 is 0. The van der Waals surface area contributed by atoms with Crippen LogP contribution in [0, 0.1) is 20.2 Å². The van der Waals surface area contributed by atoms with E-state index >= 15 is 0 Å². The number of aliphatic hydroxyl groups is 2. The normalized spacial score (nSPS) is 25.0. The SMILES string of the molecule is CO[C@H]1O[C@H](COCc2ccccc2[N+](=O)[O-])[C@@H](O)[C@H](OCc2ccccc2[N+](=O)[O-])[C@@H]1O. The zero-order valence-corrected chi connectivity index (χ0v) is 17.7. The highest BCUT2D eigenvalue weighted by Crippen LogP contribution is 2.27. The zero-order valence-electron chi connectivity index (χ0n) is 17.7. The number of rotatable bonds is 10. The van der Waals surface area contributed by atoms with Crippen LogP contribution in [0.15, 0.2) is 48.5 Å². The summed E-state index contributed by atoms with van der Waals surface area (Å²) in [4.78, 5) is 21.3. The molecule has 0 spiro atoms. The summed E-state index contributed by atoms with van der Waals surface area (Å²) < 4.78 is 21.9. The summed E-state index contributed by atoms with van der Waals surface area (Å²) in [5.41, 5.74) is 0.367. The standard InChI is InChI=1S/C21H24N2O10/c1-30-21-19(25)20(32-11-14-7-3-5-9-16(14)23(28)29)18(24)17(33-21)12-31-10-13-6-2-4-8-15(13)22(26)27/h2-9,17-21,24-25H,10-12H2,1H3/t17-,18-,19+,20+,21+/m1/s1. The van der Waals surface area contributed by atoms with E-state index in [1.807, 2.05) is 0 Å². The van der Waals surface area contributed by atoms with Crippen LogP contribution in [0.3, 0.4) is 0 Å². The van der Waals surface area contributed by atoms with Gasteiger partial charge in [-0.25, -0.2) is 0 Å². The molecular weight excluding hydrogens is 440 g/mol. The number of hydrogen-bond acceptors (Lipinski definition) is 10. The highest BCUT2D eigenvalue weighted by Gasteiger charge is 2.45. The molecule has 12 nitrogen and oxygen atoms in total. The average Bonchev–Trinajstić information content (AvgIpc) is 2.80.